The number of hydrogen-bond donors (Lipinski definition) is 1. The Hall–Kier alpha value is -2.70. The highest BCUT2D eigenvalue weighted by Gasteiger charge is 2.24. The fraction of sp³-hybridized carbons (Fsp3) is 0.412. The van der Waals surface area contributed by atoms with Crippen LogP contribution in [0.3, 0.4) is 0 Å². The molecule has 2 aromatic rings. The molecule has 1 N–H and O–H groups in total. The van der Waals surface area contributed by atoms with E-state index in [1.165, 1.54) is 4.90 Å². The molecule has 1 aromatic heterocycles. The van der Waals surface area contributed by atoms with Crippen LogP contribution in [-0.4, -0.2) is 45.6 Å². The molecule has 0 unspecified atom stereocenters. The maximum atomic E-state index is 12.6. The first kappa shape index (κ1) is 17.7. The van der Waals surface area contributed by atoms with Crippen LogP contribution in [0, 0.1) is 0 Å². The Balaban J connectivity index is 2.32. The summed E-state index contributed by atoms with van der Waals surface area (Å²) in [5, 5.41) is 12.7. The third-order valence-corrected chi connectivity index (χ3v) is 3.49. The monoisotopic (exact) mass is 331 g/mol. The molecule has 24 heavy (non-hydrogen) atoms. The second-order valence-corrected chi connectivity index (χ2v) is 6.59. The van der Waals surface area contributed by atoms with Gasteiger partial charge in [-0.3, -0.25) is 9.59 Å². The summed E-state index contributed by atoms with van der Waals surface area (Å²) in [5.41, 5.74) is 0.668. The van der Waals surface area contributed by atoms with E-state index in [2.05, 4.69) is 10.1 Å². The van der Waals surface area contributed by atoms with Crippen LogP contribution >= 0.6 is 0 Å². The second kappa shape index (κ2) is 6.82. The van der Waals surface area contributed by atoms with Crippen molar-refractivity contribution in [3.05, 3.63) is 35.7 Å². The summed E-state index contributed by atoms with van der Waals surface area (Å²) >= 11 is 0. The first-order valence-corrected chi connectivity index (χ1v) is 7.61. The molecule has 0 fully saturated rings. The van der Waals surface area contributed by atoms with Crippen molar-refractivity contribution in [3.63, 3.8) is 0 Å². The number of amides is 1. The van der Waals surface area contributed by atoms with Gasteiger partial charge in [-0.1, -0.05) is 38.1 Å². The molecule has 0 spiro atoms. The molecule has 0 aliphatic carbocycles. The van der Waals surface area contributed by atoms with Gasteiger partial charge in [-0.2, -0.15) is 4.98 Å². The number of carbonyl (C=O) groups is 2. The minimum absolute atomic E-state index is 0.112. The van der Waals surface area contributed by atoms with Gasteiger partial charge in [0.05, 0.1) is 17.5 Å². The Morgan fingerprint density at radius 1 is 1.25 bits per heavy atom. The molecule has 1 aromatic carbocycles. The number of aliphatic carboxylic acids is 1. The molecular weight excluding hydrogens is 310 g/mol. The summed E-state index contributed by atoms with van der Waals surface area (Å²) in [4.78, 5) is 29.0. The summed E-state index contributed by atoms with van der Waals surface area (Å²) < 4.78 is 5.32. The van der Waals surface area contributed by atoms with Crippen LogP contribution in [0.1, 0.15) is 43.4 Å². The molecule has 0 aliphatic rings. The van der Waals surface area contributed by atoms with E-state index in [0.29, 0.717) is 17.0 Å². The number of rotatable bonds is 5. The zero-order valence-corrected chi connectivity index (χ0v) is 14.2. The highest BCUT2D eigenvalue weighted by molar-refractivity contribution is 5.99. The van der Waals surface area contributed by atoms with E-state index in [0.717, 1.165) is 0 Å². The van der Waals surface area contributed by atoms with Crippen LogP contribution in [0.5, 0.6) is 0 Å². The van der Waals surface area contributed by atoms with Gasteiger partial charge in [-0.15, -0.1) is 0 Å². The van der Waals surface area contributed by atoms with E-state index in [9.17, 15) is 9.59 Å². The van der Waals surface area contributed by atoms with Crippen molar-refractivity contribution < 1.29 is 19.2 Å². The number of benzene rings is 1. The molecular formula is C17H21N3O4. The molecule has 7 heteroatoms. The highest BCUT2D eigenvalue weighted by Crippen LogP contribution is 2.26. The lowest BCUT2D eigenvalue weighted by atomic mass is 9.96. The maximum absolute atomic E-state index is 12.6. The van der Waals surface area contributed by atoms with Crippen molar-refractivity contribution in [2.75, 3.05) is 13.6 Å². The van der Waals surface area contributed by atoms with Crippen LogP contribution in [0.25, 0.3) is 11.5 Å². The van der Waals surface area contributed by atoms with Crippen molar-refractivity contribution in [3.8, 4) is 11.5 Å². The van der Waals surface area contributed by atoms with E-state index >= 15 is 0 Å². The average Bonchev–Trinajstić information content (AvgIpc) is 3.02. The summed E-state index contributed by atoms with van der Waals surface area (Å²) in [6, 6.07) is 6.92. The highest BCUT2D eigenvalue weighted by atomic mass is 16.5. The zero-order valence-electron chi connectivity index (χ0n) is 14.2. The third-order valence-electron chi connectivity index (χ3n) is 3.49. The maximum Gasteiger partial charge on any atom is 0.305 e. The minimum Gasteiger partial charge on any atom is -0.481 e. The van der Waals surface area contributed by atoms with Crippen molar-refractivity contribution in [2.45, 2.75) is 32.6 Å². The van der Waals surface area contributed by atoms with E-state index in [-0.39, 0.29) is 30.2 Å². The molecule has 0 bridgehead atoms. The largest absolute Gasteiger partial charge is 0.481 e. The predicted octanol–water partition coefficient (Wildman–Crippen LogP) is 2.58. The fourth-order valence-corrected chi connectivity index (χ4v) is 2.06. The Morgan fingerprint density at radius 3 is 2.50 bits per heavy atom. The van der Waals surface area contributed by atoms with Crippen molar-refractivity contribution in [1.29, 1.82) is 0 Å². The van der Waals surface area contributed by atoms with E-state index in [4.69, 9.17) is 9.63 Å². The van der Waals surface area contributed by atoms with Gasteiger partial charge in [0.25, 0.3) is 11.8 Å². The Kier molecular flexibility index (Phi) is 5.02. The van der Waals surface area contributed by atoms with Gasteiger partial charge in [0, 0.05) is 19.0 Å². The topological polar surface area (TPSA) is 96.5 Å². The van der Waals surface area contributed by atoms with Crippen LogP contribution in [0.2, 0.25) is 0 Å². The number of carboxylic acid groups (broad SMARTS) is 1. The van der Waals surface area contributed by atoms with Gasteiger partial charge >= 0.3 is 5.97 Å². The van der Waals surface area contributed by atoms with E-state index in [1.54, 1.807) is 31.3 Å². The molecule has 7 nitrogen and oxygen atoms in total. The number of carboxylic acids is 1. The van der Waals surface area contributed by atoms with Crippen LogP contribution in [0.15, 0.2) is 28.8 Å². The summed E-state index contributed by atoms with van der Waals surface area (Å²) in [5.74, 6) is -0.411. The molecule has 0 atom stereocenters. The average molecular weight is 331 g/mol. The van der Waals surface area contributed by atoms with Gasteiger partial charge in [-0.25, -0.2) is 0 Å². The van der Waals surface area contributed by atoms with Gasteiger partial charge in [0.2, 0.25) is 0 Å². The summed E-state index contributed by atoms with van der Waals surface area (Å²) in [6.45, 7) is 6.04. The predicted molar refractivity (Wildman–Crippen MR) is 87.6 cm³/mol. The van der Waals surface area contributed by atoms with Crippen molar-refractivity contribution >= 4 is 11.9 Å². The fourth-order valence-electron chi connectivity index (χ4n) is 2.06. The lowest BCUT2D eigenvalue weighted by Crippen LogP contribution is -2.29. The summed E-state index contributed by atoms with van der Waals surface area (Å²) in [7, 11) is 1.57. The molecule has 0 radical (unpaired) electrons. The lowest BCUT2D eigenvalue weighted by molar-refractivity contribution is -0.137. The summed E-state index contributed by atoms with van der Waals surface area (Å²) in [6.07, 6.45) is -0.112. The Morgan fingerprint density at radius 2 is 1.92 bits per heavy atom. The van der Waals surface area contributed by atoms with Crippen LogP contribution in [-0.2, 0) is 10.2 Å². The van der Waals surface area contributed by atoms with E-state index < -0.39 is 5.97 Å². The van der Waals surface area contributed by atoms with E-state index in [1.807, 2.05) is 20.8 Å². The van der Waals surface area contributed by atoms with Crippen LogP contribution in [0.4, 0.5) is 0 Å². The molecule has 128 valence electrons. The lowest BCUT2D eigenvalue weighted by Gasteiger charge is -2.17. The molecule has 1 heterocycles. The number of aromatic nitrogens is 2. The zero-order chi connectivity index (χ0) is 17.9. The molecule has 0 saturated carbocycles. The standard InChI is InChI=1S/C17H21N3O4/c1-17(2,3)16-18-14(24-19-16)11-7-5-6-8-12(11)15(23)20(4)10-9-13(21)22/h5-8H,9-10H2,1-4H3,(H,21,22). The Labute approximate surface area is 140 Å². The van der Waals surface area contributed by atoms with Gasteiger partial charge in [0.15, 0.2) is 5.82 Å². The smallest absolute Gasteiger partial charge is 0.305 e. The number of hydrogen-bond acceptors (Lipinski definition) is 5. The Bertz CT molecular complexity index is 746. The van der Waals surface area contributed by atoms with Crippen LogP contribution < -0.4 is 0 Å². The molecule has 0 saturated heterocycles. The number of nitrogens with zero attached hydrogens (tertiary/aromatic N) is 3. The van der Waals surface area contributed by atoms with Gasteiger partial charge in [-0.05, 0) is 12.1 Å². The quantitative estimate of drug-likeness (QED) is 0.904. The molecule has 2 rings (SSSR count). The molecule has 0 aliphatic heterocycles. The van der Waals surface area contributed by atoms with Gasteiger partial charge < -0.3 is 14.5 Å². The van der Waals surface area contributed by atoms with Crippen molar-refractivity contribution in [2.24, 2.45) is 0 Å². The van der Waals surface area contributed by atoms with Crippen molar-refractivity contribution in [1.82, 2.24) is 15.0 Å². The minimum atomic E-state index is -0.949. The SMILES string of the molecule is CN(CCC(=O)O)C(=O)c1ccccc1-c1nc(C(C)(C)C)no1. The third kappa shape index (κ3) is 3.98. The first-order valence-electron chi connectivity index (χ1n) is 7.61. The first-order chi connectivity index (χ1) is 11.2. The molecule has 1 amide bonds. The second-order valence-electron chi connectivity index (χ2n) is 6.59. The normalized spacial score (nSPS) is 11.3. The van der Waals surface area contributed by atoms with Gasteiger partial charge in [0.1, 0.15) is 0 Å². The number of carbonyl (C=O) groups excluding carboxylic acids is 1.